The highest BCUT2D eigenvalue weighted by Crippen LogP contribution is 2.22. The number of ether oxygens (including phenoxy) is 1. The Morgan fingerprint density at radius 2 is 2.11 bits per heavy atom. The van der Waals surface area contributed by atoms with Crippen LogP contribution in [0.1, 0.15) is 30.7 Å². The Kier molecular flexibility index (Phi) is 6.95. The Balaban J connectivity index is 1.46. The first-order valence-corrected chi connectivity index (χ1v) is 9.55. The molecule has 1 aromatic heterocycles. The van der Waals surface area contributed by atoms with Crippen LogP contribution in [0.5, 0.6) is 0 Å². The molecule has 1 N–H and O–H groups in total. The number of aryl methyl sites for hydroxylation is 1. The molecule has 2 heterocycles. The summed E-state index contributed by atoms with van der Waals surface area (Å²) in [4.78, 5) is 19.0. The van der Waals surface area contributed by atoms with Crippen LogP contribution in [0.15, 0.2) is 28.8 Å². The van der Waals surface area contributed by atoms with Gasteiger partial charge in [-0.1, -0.05) is 29.4 Å². The standard InChI is InChI=1S/C20H28N4O3/c1-15-6-3-4-7-17(15)19-22-18(27-23-19)14-24-11-8-16(9-12-24)20(25)21-10-5-13-26-2/h3-4,6-7,16H,5,8-14H2,1-2H3,(H,21,25). The number of hydrogen-bond donors (Lipinski definition) is 1. The fraction of sp³-hybridized carbons (Fsp3) is 0.550. The van der Waals surface area contributed by atoms with Gasteiger partial charge in [0, 0.05) is 31.7 Å². The largest absolute Gasteiger partial charge is 0.385 e. The number of carbonyl (C=O) groups excluding carboxylic acids is 1. The summed E-state index contributed by atoms with van der Waals surface area (Å²) in [5.41, 5.74) is 2.12. The van der Waals surface area contributed by atoms with Crippen molar-refractivity contribution in [1.82, 2.24) is 20.4 Å². The van der Waals surface area contributed by atoms with Crippen molar-refractivity contribution in [2.24, 2.45) is 5.92 Å². The quantitative estimate of drug-likeness (QED) is 0.717. The molecular formula is C20H28N4O3. The molecule has 1 aliphatic heterocycles. The van der Waals surface area contributed by atoms with Crippen LogP contribution in [-0.4, -0.2) is 54.3 Å². The van der Waals surface area contributed by atoms with Crippen molar-refractivity contribution in [3.63, 3.8) is 0 Å². The van der Waals surface area contributed by atoms with Crippen molar-refractivity contribution >= 4 is 5.91 Å². The molecule has 7 nitrogen and oxygen atoms in total. The van der Waals surface area contributed by atoms with Crippen molar-refractivity contribution < 1.29 is 14.1 Å². The van der Waals surface area contributed by atoms with Gasteiger partial charge in [-0.05, 0) is 44.8 Å². The van der Waals surface area contributed by atoms with Gasteiger partial charge in [-0.2, -0.15) is 4.98 Å². The number of benzene rings is 1. The normalized spacial score (nSPS) is 15.8. The summed E-state index contributed by atoms with van der Waals surface area (Å²) in [6.07, 6.45) is 2.56. The Bertz CT molecular complexity index is 738. The number of hydrogen-bond acceptors (Lipinski definition) is 6. The maximum absolute atomic E-state index is 12.2. The highest BCUT2D eigenvalue weighted by molar-refractivity contribution is 5.78. The molecule has 0 unspecified atom stereocenters. The zero-order valence-electron chi connectivity index (χ0n) is 16.1. The van der Waals surface area contributed by atoms with Crippen LogP contribution < -0.4 is 5.32 Å². The van der Waals surface area contributed by atoms with Gasteiger partial charge in [-0.3, -0.25) is 9.69 Å². The topological polar surface area (TPSA) is 80.5 Å². The van der Waals surface area contributed by atoms with Crippen molar-refractivity contribution in [3.8, 4) is 11.4 Å². The molecule has 0 aliphatic carbocycles. The lowest BCUT2D eigenvalue weighted by Crippen LogP contribution is -2.40. The second-order valence-corrected chi connectivity index (χ2v) is 7.01. The number of rotatable bonds is 8. The van der Waals surface area contributed by atoms with E-state index in [0.717, 1.165) is 43.5 Å². The van der Waals surface area contributed by atoms with E-state index in [0.29, 0.717) is 31.4 Å². The Morgan fingerprint density at radius 1 is 1.33 bits per heavy atom. The molecule has 0 saturated carbocycles. The van der Waals surface area contributed by atoms with E-state index in [-0.39, 0.29) is 11.8 Å². The minimum atomic E-state index is 0.0917. The molecule has 146 valence electrons. The minimum Gasteiger partial charge on any atom is -0.385 e. The Labute approximate surface area is 160 Å². The van der Waals surface area contributed by atoms with Gasteiger partial charge in [-0.15, -0.1) is 0 Å². The smallest absolute Gasteiger partial charge is 0.241 e. The maximum atomic E-state index is 12.2. The number of likely N-dealkylation sites (tertiary alicyclic amines) is 1. The summed E-state index contributed by atoms with van der Waals surface area (Å²) in [5.74, 6) is 1.50. The predicted molar refractivity (Wildman–Crippen MR) is 102 cm³/mol. The second-order valence-electron chi connectivity index (χ2n) is 7.01. The highest BCUT2D eigenvalue weighted by Gasteiger charge is 2.25. The summed E-state index contributed by atoms with van der Waals surface area (Å²) in [6, 6.07) is 8.01. The molecule has 1 fully saturated rings. The number of nitrogens with one attached hydrogen (secondary N) is 1. The van der Waals surface area contributed by atoms with E-state index in [1.54, 1.807) is 7.11 Å². The summed E-state index contributed by atoms with van der Waals surface area (Å²) >= 11 is 0. The van der Waals surface area contributed by atoms with Gasteiger partial charge in [0.25, 0.3) is 0 Å². The first kappa shape index (κ1) is 19.5. The third-order valence-electron chi connectivity index (χ3n) is 5.00. The van der Waals surface area contributed by atoms with E-state index in [1.165, 1.54) is 0 Å². The van der Waals surface area contributed by atoms with Crippen LogP contribution in [0, 0.1) is 12.8 Å². The average Bonchev–Trinajstić information content (AvgIpc) is 3.14. The SMILES string of the molecule is COCCCNC(=O)C1CCN(Cc2nc(-c3ccccc3C)no2)CC1. The third-order valence-corrected chi connectivity index (χ3v) is 5.00. The van der Waals surface area contributed by atoms with Crippen molar-refractivity contribution in [2.45, 2.75) is 32.7 Å². The lowest BCUT2D eigenvalue weighted by molar-refractivity contribution is -0.126. The van der Waals surface area contributed by atoms with Crippen molar-refractivity contribution in [2.75, 3.05) is 33.4 Å². The molecule has 1 aromatic carbocycles. The molecule has 1 aliphatic rings. The van der Waals surface area contributed by atoms with E-state index in [1.807, 2.05) is 31.2 Å². The van der Waals surface area contributed by atoms with Gasteiger partial charge in [0.1, 0.15) is 0 Å². The van der Waals surface area contributed by atoms with Crippen LogP contribution in [0.4, 0.5) is 0 Å². The van der Waals surface area contributed by atoms with Gasteiger partial charge in [0.15, 0.2) is 0 Å². The van der Waals surface area contributed by atoms with Gasteiger partial charge >= 0.3 is 0 Å². The third kappa shape index (κ3) is 5.37. The molecule has 27 heavy (non-hydrogen) atoms. The lowest BCUT2D eigenvalue weighted by Gasteiger charge is -2.30. The first-order valence-electron chi connectivity index (χ1n) is 9.55. The molecule has 0 atom stereocenters. The summed E-state index contributed by atoms with van der Waals surface area (Å²) in [5, 5.41) is 7.12. The monoisotopic (exact) mass is 372 g/mol. The molecule has 0 spiro atoms. The molecule has 2 aromatic rings. The van der Waals surface area contributed by atoms with Gasteiger partial charge < -0.3 is 14.6 Å². The lowest BCUT2D eigenvalue weighted by atomic mass is 9.96. The van der Waals surface area contributed by atoms with Crippen LogP contribution in [0.2, 0.25) is 0 Å². The Morgan fingerprint density at radius 3 is 2.85 bits per heavy atom. The number of aromatic nitrogens is 2. The van der Waals surface area contributed by atoms with Crippen molar-refractivity contribution in [3.05, 3.63) is 35.7 Å². The number of amides is 1. The van der Waals surface area contributed by atoms with Gasteiger partial charge in [0.05, 0.1) is 6.54 Å². The number of carbonyl (C=O) groups is 1. The fourth-order valence-electron chi connectivity index (χ4n) is 3.37. The number of nitrogens with zero attached hydrogens (tertiary/aromatic N) is 3. The zero-order valence-corrected chi connectivity index (χ0v) is 16.1. The average molecular weight is 372 g/mol. The number of methoxy groups -OCH3 is 1. The van der Waals surface area contributed by atoms with E-state index in [2.05, 4.69) is 20.4 Å². The summed E-state index contributed by atoms with van der Waals surface area (Å²) in [6.45, 7) is 5.73. The van der Waals surface area contributed by atoms with Gasteiger partial charge in [0.2, 0.25) is 17.6 Å². The first-order chi connectivity index (χ1) is 13.2. The van der Waals surface area contributed by atoms with Crippen LogP contribution in [-0.2, 0) is 16.1 Å². The van der Waals surface area contributed by atoms with E-state index >= 15 is 0 Å². The van der Waals surface area contributed by atoms with E-state index in [4.69, 9.17) is 9.26 Å². The van der Waals surface area contributed by atoms with Crippen LogP contribution >= 0.6 is 0 Å². The van der Waals surface area contributed by atoms with E-state index in [9.17, 15) is 4.79 Å². The summed E-state index contributed by atoms with van der Waals surface area (Å²) < 4.78 is 10.4. The summed E-state index contributed by atoms with van der Waals surface area (Å²) in [7, 11) is 1.67. The molecule has 7 heteroatoms. The molecule has 1 amide bonds. The maximum Gasteiger partial charge on any atom is 0.241 e. The van der Waals surface area contributed by atoms with Crippen molar-refractivity contribution in [1.29, 1.82) is 0 Å². The molecular weight excluding hydrogens is 344 g/mol. The molecule has 1 saturated heterocycles. The van der Waals surface area contributed by atoms with Crippen LogP contribution in [0.25, 0.3) is 11.4 Å². The minimum absolute atomic E-state index is 0.0917. The molecule has 3 rings (SSSR count). The predicted octanol–water partition coefficient (Wildman–Crippen LogP) is 2.41. The van der Waals surface area contributed by atoms with Gasteiger partial charge in [-0.25, -0.2) is 0 Å². The second kappa shape index (κ2) is 9.62. The van der Waals surface area contributed by atoms with Crippen LogP contribution in [0.3, 0.4) is 0 Å². The van der Waals surface area contributed by atoms with E-state index < -0.39 is 0 Å². The fourth-order valence-corrected chi connectivity index (χ4v) is 3.37. The number of piperidine rings is 1. The Hall–Kier alpha value is -2.25. The molecule has 0 radical (unpaired) electrons. The molecule has 0 bridgehead atoms. The zero-order chi connectivity index (χ0) is 19.1. The highest BCUT2D eigenvalue weighted by atomic mass is 16.5.